The summed E-state index contributed by atoms with van der Waals surface area (Å²) in [7, 11) is -2.58. The highest BCUT2D eigenvalue weighted by atomic mass is 32.2. The van der Waals surface area contributed by atoms with Gasteiger partial charge in [-0.2, -0.15) is 4.31 Å². The Labute approximate surface area is 146 Å². The molecule has 0 unspecified atom stereocenters. The highest BCUT2D eigenvalue weighted by Crippen LogP contribution is 2.20. The molecule has 1 aromatic carbocycles. The first-order chi connectivity index (χ1) is 11.6. The largest absolute Gasteiger partial charge is 0.323 e. The molecule has 0 saturated carbocycles. The molecule has 2 rings (SSSR count). The second-order valence-corrected chi connectivity index (χ2v) is 7.85. The number of anilines is 1. The van der Waals surface area contributed by atoms with E-state index in [2.05, 4.69) is 10.3 Å². The summed E-state index contributed by atoms with van der Waals surface area (Å²) in [5, 5.41) is 2.70. The molecule has 0 aliphatic heterocycles. The minimum atomic E-state index is -3.88. The van der Waals surface area contributed by atoms with Crippen molar-refractivity contribution in [1.82, 2.24) is 9.29 Å². The Hall–Kier alpha value is -2.32. The number of pyridine rings is 1. The molecule has 2 aromatic rings. The zero-order valence-electron chi connectivity index (χ0n) is 14.5. The van der Waals surface area contributed by atoms with Crippen molar-refractivity contribution in [3.63, 3.8) is 0 Å². The van der Waals surface area contributed by atoms with Gasteiger partial charge in [-0.15, -0.1) is 0 Å². The molecule has 0 fully saturated rings. The lowest BCUT2D eigenvalue weighted by Crippen LogP contribution is -2.35. The lowest BCUT2D eigenvalue weighted by molar-refractivity contribution is -0.116. The third kappa shape index (κ3) is 4.40. The summed E-state index contributed by atoms with van der Waals surface area (Å²) in [5.41, 5.74) is 2.92. The maximum absolute atomic E-state index is 13.0. The van der Waals surface area contributed by atoms with Crippen LogP contribution in [0.3, 0.4) is 0 Å². The Bertz CT molecular complexity index is 873. The van der Waals surface area contributed by atoms with Crippen molar-refractivity contribution >= 4 is 21.6 Å². The van der Waals surface area contributed by atoms with Crippen molar-refractivity contribution < 1.29 is 17.6 Å². The maximum Gasteiger partial charge on any atom is 0.243 e. The predicted molar refractivity (Wildman–Crippen MR) is 93.3 cm³/mol. The van der Waals surface area contributed by atoms with E-state index in [1.807, 2.05) is 19.9 Å². The SMILES string of the molecule is Cc1cc(C)c(NC(=O)CN(C)S(=O)(=O)c2ccc(F)cc2)c(C)n1. The van der Waals surface area contributed by atoms with Crippen LogP contribution in [0.5, 0.6) is 0 Å². The number of nitrogens with zero attached hydrogens (tertiary/aromatic N) is 2. The number of hydrogen-bond acceptors (Lipinski definition) is 4. The molecule has 0 aliphatic rings. The van der Waals surface area contributed by atoms with E-state index in [4.69, 9.17) is 0 Å². The summed E-state index contributed by atoms with van der Waals surface area (Å²) in [5.74, 6) is -1.01. The van der Waals surface area contributed by atoms with E-state index in [0.29, 0.717) is 11.4 Å². The molecule has 8 heteroatoms. The van der Waals surface area contributed by atoms with Crippen molar-refractivity contribution in [3.8, 4) is 0 Å². The van der Waals surface area contributed by atoms with Crippen LogP contribution in [0.15, 0.2) is 35.2 Å². The van der Waals surface area contributed by atoms with Crippen molar-refractivity contribution in [2.75, 3.05) is 18.9 Å². The van der Waals surface area contributed by atoms with Gasteiger partial charge < -0.3 is 5.32 Å². The number of aromatic nitrogens is 1. The molecule has 0 aliphatic carbocycles. The molecule has 0 spiro atoms. The van der Waals surface area contributed by atoms with Gasteiger partial charge >= 0.3 is 0 Å². The van der Waals surface area contributed by atoms with Gasteiger partial charge in [0.2, 0.25) is 15.9 Å². The second-order valence-electron chi connectivity index (χ2n) is 5.80. The van der Waals surface area contributed by atoms with E-state index in [0.717, 1.165) is 39.8 Å². The van der Waals surface area contributed by atoms with E-state index in [-0.39, 0.29) is 11.4 Å². The van der Waals surface area contributed by atoms with Gasteiger partial charge in [-0.25, -0.2) is 12.8 Å². The molecule has 0 radical (unpaired) electrons. The van der Waals surface area contributed by atoms with Gasteiger partial charge in [-0.1, -0.05) is 0 Å². The number of rotatable bonds is 5. The molecule has 134 valence electrons. The lowest BCUT2D eigenvalue weighted by Gasteiger charge is -2.18. The maximum atomic E-state index is 13.0. The number of hydrogen-bond donors (Lipinski definition) is 1. The zero-order chi connectivity index (χ0) is 18.8. The average molecular weight is 365 g/mol. The molecule has 0 atom stereocenters. The Kier molecular flexibility index (Phi) is 5.54. The van der Waals surface area contributed by atoms with Crippen LogP contribution in [0.25, 0.3) is 0 Å². The fourth-order valence-electron chi connectivity index (χ4n) is 2.47. The first-order valence-electron chi connectivity index (χ1n) is 7.58. The van der Waals surface area contributed by atoms with Gasteiger partial charge in [0.1, 0.15) is 5.82 Å². The molecule has 0 saturated heterocycles. The number of likely N-dealkylation sites (N-methyl/N-ethyl adjacent to an activating group) is 1. The second kappa shape index (κ2) is 7.28. The molecular formula is C17H20FN3O3S. The molecule has 1 N–H and O–H groups in total. The van der Waals surface area contributed by atoms with Gasteiger partial charge in [-0.05, 0) is 56.7 Å². The van der Waals surface area contributed by atoms with Crippen LogP contribution in [0.4, 0.5) is 10.1 Å². The number of benzene rings is 1. The topological polar surface area (TPSA) is 79.4 Å². The van der Waals surface area contributed by atoms with Gasteiger partial charge in [0, 0.05) is 12.7 Å². The first-order valence-corrected chi connectivity index (χ1v) is 9.02. The summed E-state index contributed by atoms with van der Waals surface area (Å²) < 4.78 is 38.7. The van der Waals surface area contributed by atoms with E-state index >= 15 is 0 Å². The Morgan fingerprint density at radius 1 is 1.20 bits per heavy atom. The molecule has 1 aromatic heterocycles. The van der Waals surface area contributed by atoms with E-state index in [1.165, 1.54) is 7.05 Å². The Morgan fingerprint density at radius 2 is 1.80 bits per heavy atom. The number of amides is 1. The summed E-state index contributed by atoms with van der Waals surface area (Å²) in [6.07, 6.45) is 0. The Morgan fingerprint density at radius 3 is 2.36 bits per heavy atom. The van der Waals surface area contributed by atoms with E-state index < -0.39 is 21.7 Å². The molecule has 6 nitrogen and oxygen atoms in total. The van der Waals surface area contributed by atoms with Gasteiger partial charge in [0.05, 0.1) is 22.8 Å². The van der Waals surface area contributed by atoms with Crippen molar-refractivity contribution in [3.05, 3.63) is 53.1 Å². The highest BCUT2D eigenvalue weighted by molar-refractivity contribution is 7.89. The monoisotopic (exact) mass is 365 g/mol. The Balaban J connectivity index is 2.14. The highest BCUT2D eigenvalue weighted by Gasteiger charge is 2.23. The van der Waals surface area contributed by atoms with Crippen LogP contribution in [-0.2, 0) is 14.8 Å². The summed E-state index contributed by atoms with van der Waals surface area (Å²) >= 11 is 0. The average Bonchev–Trinajstić information content (AvgIpc) is 2.51. The normalized spacial score (nSPS) is 11.6. The molecule has 1 heterocycles. The van der Waals surface area contributed by atoms with Crippen LogP contribution in [0.2, 0.25) is 0 Å². The zero-order valence-corrected chi connectivity index (χ0v) is 15.3. The van der Waals surface area contributed by atoms with Crippen LogP contribution < -0.4 is 5.32 Å². The predicted octanol–water partition coefficient (Wildman–Crippen LogP) is 2.41. The molecule has 1 amide bonds. The third-order valence-corrected chi connectivity index (χ3v) is 5.50. The van der Waals surface area contributed by atoms with Gasteiger partial charge in [0.15, 0.2) is 0 Å². The summed E-state index contributed by atoms with van der Waals surface area (Å²) in [4.78, 5) is 16.5. The summed E-state index contributed by atoms with van der Waals surface area (Å²) in [6.45, 7) is 5.10. The number of halogens is 1. The number of carbonyl (C=O) groups is 1. The van der Waals surface area contributed by atoms with Crippen molar-refractivity contribution in [2.45, 2.75) is 25.7 Å². The molecule has 25 heavy (non-hydrogen) atoms. The number of nitrogens with one attached hydrogen (secondary N) is 1. The van der Waals surface area contributed by atoms with Crippen LogP contribution in [-0.4, -0.2) is 37.2 Å². The fraction of sp³-hybridized carbons (Fsp3) is 0.294. The van der Waals surface area contributed by atoms with Crippen LogP contribution in [0.1, 0.15) is 17.0 Å². The third-order valence-electron chi connectivity index (χ3n) is 3.68. The number of sulfonamides is 1. The van der Waals surface area contributed by atoms with E-state index in [1.54, 1.807) is 6.92 Å². The lowest BCUT2D eigenvalue weighted by atomic mass is 10.1. The van der Waals surface area contributed by atoms with Crippen LogP contribution in [0, 0.1) is 26.6 Å². The summed E-state index contributed by atoms with van der Waals surface area (Å²) in [6, 6.07) is 6.28. The molecule has 0 bridgehead atoms. The molecular weight excluding hydrogens is 345 g/mol. The smallest absolute Gasteiger partial charge is 0.243 e. The van der Waals surface area contributed by atoms with Gasteiger partial charge in [0.25, 0.3) is 0 Å². The standard InChI is InChI=1S/C17H20FN3O3S/c1-11-9-12(2)19-13(3)17(11)20-16(22)10-21(4)25(23,24)15-7-5-14(18)6-8-15/h5-9H,10H2,1-4H3,(H,20,22). The fourth-order valence-corrected chi connectivity index (χ4v) is 3.59. The first kappa shape index (κ1) is 19.0. The minimum Gasteiger partial charge on any atom is -0.323 e. The van der Waals surface area contributed by atoms with Crippen molar-refractivity contribution in [1.29, 1.82) is 0 Å². The number of aryl methyl sites for hydroxylation is 3. The number of carbonyl (C=O) groups excluding carboxylic acids is 1. The quantitative estimate of drug-likeness (QED) is 0.882. The minimum absolute atomic E-state index is 0.0754. The van der Waals surface area contributed by atoms with E-state index in [9.17, 15) is 17.6 Å². The van der Waals surface area contributed by atoms with Crippen LogP contribution >= 0.6 is 0 Å². The van der Waals surface area contributed by atoms with Crippen molar-refractivity contribution in [2.24, 2.45) is 0 Å². The van der Waals surface area contributed by atoms with Gasteiger partial charge in [-0.3, -0.25) is 9.78 Å².